The van der Waals surface area contributed by atoms with E-state index in [1.807, 2.05) is 54.5 Å². The Hall–Kier alpha value is -1.82. The van der Waals surface area contributed by atoms with Crippen LogP contribution in [0.3, 0.4) is 0 Å². The highest BCUT2D eigenvalue weighted by atomic mass is 32.2. The summed E-state index contributed by atoms with van der Waals surface area (Å²) in [5.41, 5.74) is 5.63. The van der Waals surface area contributed by atoms with E-state index >= 15 is 0 Å². The molecule has 0 radical (unpaired) electrons. The van der Waals surface area contributed by atoms with Crippen LogP contribution < -0.4 is 4.72 Å². The first kappa shape index (κ1) is 17.5. The summed E-state index contributed by atoms with van der Waals surface area (Å²) in [5, 5.41) is 4.38. The van der Waals surface area contributed by atoms with Gasteiger partial charge < -0.3 is 0 Å². The van der Waals surface area contributed by atoms with Crippen LogP contribution in [0.25, 0.3) is 0 Å². The van der Waals surface area contributed by atoms with Gasteiger partial charge in [0.15, 0.2) is 0 Å². The lowest BCUT2D eigenvalue weighted by molar-refractivity contribution is 0.599. The van der Waals surface area contributed by atoms with Crippen LogP contribution in [0.2, 0.25) is 0 Å². The van der Waals surface area contributed by atoms with Crippen LogP contribution in [0.4, 0.5) is 5.69 Å². The lowest BCUT2D eigenvalue weighted by atomic mass is 10.0. The predicted octanol–water partition coefficient (Wildman–Crippen LogP) is 3.55. The van der Waals surface area contributed by atoms with Crippen molar-refractivity contribution in [2.24, 2.45) is 0 Å². The second-order valence-electron chi connectivity index (χ2n) is 6.06. The van der Waals surface area contributed by atoms with Gasteiger partial charge in [0.2, 0.25) is 0 Å². The fourth-order valence-corrected chi connectivity index (χ4v) is 4.72. The van der Waals surface area contributed by atoms with E-state index in [0.29, 0.717) is 22.8 Å². The van der Waals surface area contributed by atoms with Crippen molar-refractivity contribution in [2.75, 3.05) is 4.72 Å². The number of rotatable bonds is 4. The second kappa shape index (κ2) is 6.00. The molecule has 0 atom stereocenters. The first-order valence-electron chi connectivity index (χ1n) is 7.74. The fraction of sp³-hybridized carbons (Fsp3) is 0.471. The van der Waals surface area contributed by atoms with Crippen molar-refractivity contribution in [1.82, 2.24) is 9.78 Å². The van der Waals surface area contributed by atoms with Crippen LogP contribution in [0.5, 0.6) is 0 Å². The second-order valence-corrected chi connectivity index (χ2v) is 7.68. The number of sulfonamides is 1. The van der Waals surface area contributed by atoms with Gasteiger partial charge in [-0.3, -0.25) is 9.40 Å². The molecule has 1 aromatic carbocycles. The summed E-state index contributed by atoms with van der Waals surface area (Å²) in [6, 6.07) is 2.02. The number of nitrogens with one attached hydrogen (secondary N) is 1. The normalized spacial score (nSPS) is 11.8. The molecule has 0 bridgehead atoms. The van der Waals surface area contributed by atoms with Gasteiger partial charge >= 0.3 is 0 Å². The van der Waals surface area contributed by atoms with Crippen molar-refractivity contribution >= 4 is 15.7 Å². The number of benzene rings is 1. The molecule has 0 saturated carbocycles. The summed E-state index contributed by atoms with van der Waals surface area (Å²) in [7, 11) is -3.66. The van der Waals surface area contributed by atoms with Crippen molar-refractivity contribution in [2.45, 2.75) is 59.9 Å². The Morgan fingerprint density at radius 3 is 2.00 bits per heavy atom. The number of aromatic nitrogens is 2. The fourth-order valence-electron chi connectivity index (χ4n) is 2.92. The third kappa shape index (κ3) is 3.00. The first-order chi connectivity index (χ1) is 10.6. The highest BCUT2D eigenvalue weighted by molar-refractivity contribution is 7.92. The summed E-state index contributed by atoms with van der Waals surface area (Å²) in [6.45, 7) is 14.0. The van der Waals surface area contributed by atoms with E-state index < -0.39 is 10.0 Å². The van der Waals surface area contributed by atoms with Gasteiger partial charge in [-0.2, -0.15) is 5.10 Å². The molecule has 0 aliphatic carbocycles. The van der Waals surface area contributed by atoms with Crippen LogP contribution in [-0.4, -0.2) is 18.2 Å². The molecule has 0 spiro atoms. The maximum absolute atomic E-state index is 13.0. The number of nitrogens with zero attached hydrogens (tertiary/aromatic N) is 2. The third-order valence-corrected chi connectivity index (χ3v) is 6.11. The topological polar surface area (TPSA) is 64.0 Å². The monoisotopic (exact) mass is 335 g/mol. The first-order valence-corrected chi connectivity index (χ1v) is 9.22. The maximum atomic E-state index is 13.0. The zero-order valence-corrected chi connectivity index (χ0v) is 15.7. The lowest BCUT2D eigenvalue weighted by Gasteiger charge is -2.17. The standard InChI is InChI=1S/C17H25N3O2S/c1-8-20-15(7)16(14(6)18-20)19-23(21,22)17-12(4)10(2)9-11(3)13(17)5/h9,19H,8H2,1-7H3. The van der Waals surface area contributed by atoms with E-state index in [1.165, 1.54) is 0 Å². The lowest BCUT2D eigenvalue weighted by Crippen LogP contribution is -2.18. The van der Waals surface area contributed by atoms with Crippen molar-refractivity contribution in [1.29, 1.82) is 0 Å². The quantitative estimate of drug-likeness (QED) is 0.929. The van der Waals surface area contributed by atoms with Crippen LogP contribution in [0.15, 0.2) is 11.0 Å². The highest BCUT2D eigenvalue weighted by Gasteiger charge is 2.24. The molecule has 1 heterocycles. The summed E-state index contributed by atoms with van der Waals surface area (Å²) in [6.07, 6.45) is 0. The number of hydrogen-bond acceptors (Lipinski definition) is 3. The molecule has 6 heteroatoms. The van der Waals surface area contributed by atoms with Gasteiger partial charge in [0, 0.05) is 6.54 Å². The van der Waals surface area contributed by atoms with E-state index in [0.717, 1.165) is 27.9 Å². The molecule has 0 fully saturated rings. The smallest absolute Gasteiger partial charge is 0.262 e. The zero-order valence-electron chi connectivity index (χ0n) is 14.9. The molecule has 0 aliphatic rings. The average Bonchev–Trinajstić information content (AvgIpc) is 2.72. The molecule has 2 rings (SSSR count). The summed E-state index contributed by atoms with van der Waals surface area (Å²) in [5.74, 6) is 0. The molecule has 0 saturated heterocycles. The molecule has 0 unspecified atom stereocenters. The molecule has 1 N–H and O–H groups in total. The zero-order chi connectivity index (χ0) is 17.5. The van der Waals surface area contributed by atoms with Crippen LogP contribution in [0, 0.1) is 41.5 Å². The Morgan fingerprint density at radius 1 is 1.04 bits per heavy atom. The van der Waals surface area contributed by atoms with Gasteiger partial charge in [-0.1, -0.05) is 6.07 Å². The van der Waals surface area contributed by atoms with Gasteiger partial charge in [0.1, 0.15) is 0 Å². The predicted molar refractivity (Wildman–Crippen MR) is 93.6 cm³/mol. The number of anilines is 1. The van der Waals surface area contributed by atoms with E-state index in [1.54, 1.807) is 4.68 Å². The minimum absolute atomic E-state index is 0.373. The van der Waals surface area contributed by atoms with Gasteiger partial charge in [-0.15, -0.1) is 0 Å². The third-order valence-electron chi connectivity index (χ3n) is 4.48. The van der Waals surface area contributed by atoms with Gasteiger partial charge in [0.25, 0.3) is 10.0 Å². The van der Waals surface area contributed by atoms with E-state index in [-0.39, 0.29) is 0 Å². The molecule has 1 aromatic heterocycles. The van der Waals surface area contributed by atoms with E-state index in [4.69, 9.17) is 0 Å². The van der Waals surface area contributed by atoms with E-state index in [9.17, 15) is 8.42 Å². The largest absolute Gasteiger partial charge is 0.276 e. The van der Waals surface area contributed by atoms with Gasteiger partial charge in [-0.05, 0) is 70.7 Å². The van der Waals surface area contributed by atoms with Gasteiger partial charge in [-0.25, -0.2) is 8.42 Å². The molecule has 2 aromatic rings. The van der Waals surface area contributed by atoms with Crippen molar-refractivity contribution in [3.05, 3.63) is 39.7 Å². The molecule has 23 heavy (non-hydrogen) atoms. The van der Waals surface area contributed by atoms with Crippen LogP contribution >= 0.6 is 0 Å². The van der Waals surface area contributed by atoms with Crippen LogP contribution in [0.1, 0.15) is 40.6 Å². The molecular weight excluding hydrogens is 310 g/mol. The maximum Gasteiger partial charge on any atom is 0.262 e. The number of hydrogen-bond donors (Lipinski definition) is 1. The molecule has 5 nitrogen and oxygen atoms in total. The minimum atomic E-state index is -3.66. The Labute approximate surface area is 138 Å². The SMILES string of the molecule is CCn1nc(C)c(NS(=O)(=O)c2c(C)c(C)cc(C)c2C)c1C. The Kier molecular flexibility index (Phi) is 4.57. The summed E-state index contributed by atoms with van der Waals surface area (Å²) in [4.78, 5) is 0.373. The summed E-state index contributed by atoms with van der Waals surface area (Å²) < 4.78 is 30.6. The van der Waals surface area contributed by atoms with Crippen molar-refractivity contribution < 1.29 is 8.42 Å². The molecule has 126 valence electrons. The van der Waals surface area contributed by atoms with Gasteiger partial charge in [0.05, 0.1) is 22.0 Å². The Bertz CT molecular complexity index is 838. The Morgan fingerprint density at radius 2 is 1.57 bits per heavy atom. The van der Waals surface area contributed by atoms with Crippen molar-refractivity contribution in [3.8, 4) is 0 Å². The van der Waals surface area contributed by atoms with Crippen LogP contribution in [-0.2, 0) is 16.6 Å². The molecule has 0 aliphatic heterocycles. The molecular formula is C17H25N3O2S. The molecule has 0 amide bonds. The summed E-state index contributed by atoms with van der Waals surface area (Å²) >= 11 is 0. The minimum Gasteiger partial charge on any atom is -0.276 e. The van der Waals surface area contributed by atoms with Crippen molar-refractivity contribution in [3.63, 3.8) is 0 Å². The van der Waals surface area contributed by atoms with E-state index in [2.05, 4.69) is 9.82 Å². The highest BCUT2D eigenvalue weighted by Crippen LogP contribution is 2.29. The average molecular weight is 335 g/mol. The number of aryl methyl sites for hydroxylation is 4. The Balaban J connectivity index is 2.60.